The van der Waals surface area contributed by atoms with Crippen LogP contribution in [0.15, 0.2) is 48.0 Å². The summed E-state index contributed by atoms with van der Waals surface area (Å²) in [5.74, 6) is 0. The number of benzene rings is 1. The van der Waals surface area contributed by atoms with Gasteiger partial charge in [0, 0.05) is 35.1 Å². The summed E-state index contributed by atoms with van der Waals surface area (Å²) in [6.07, 6.45) is 1.99. The number of rotatable bonds is 4. The number of thiophene rings is 1. The Bertz CT molecular complexity index is 601. The Balaban J connectivity index is 0.00000120. The van der Waals surface area contributed by atoms with E-state index in [4.69, 9.17) is 0 Å². The Labute approximate surface area is 116 Å². The average molecular weight is 279 g/mol. The summed E-state index contributed by atoms with van der Waals surface area (Å²) in [5.41, 5.74) is 2.56. The van der Waals surface area contributed by atoms with E-state index in [0.717, 1.165) is 13.1 Å². The Morgan fingerprint density at radius 1 is 1.06 bits per heavy atom. The van der Waals surface area contributed by atoms with Gasteiger partial charge in [-0.3, -0.25) is 0 Å². The SMILES string of the molecule is Cl.c1csc(CNCc2cccc3[nH]ccc23)c1. The fraction of sp³-hybridized carbons (Fsp3) is 0.143. The van der Waals surface area contributed by atoms with Crippen LogP contribution in [0.5, 0.6) is 0 Å². The van der Waals surface area contributed by atoms with Gasteiger partial charge in [-0.05, 0) is 29.1 Å². The van der Waals surface area contributed by atoms with Crippen molar-refractivity contribution in [3.8, 4) is 0 Å². The standard InChI is InChI=1S/C14H14N2S.ClH/c1-3-11(13-6-7-16-14(13)5-1)9-15-10-12-4-2-8-17-12;/h1-8,15-16H,9-10H2;1H. The van der Waals surface area contributed by atoms with Crippen LogP contribution in [0.2, 0.25) is 0 Å². The Kier molecular flexibility index (Phi) is 4.42. The van der Waals surface area contributed by atoms with E-state index in [0.29, 0.717) is 0 Å². The molecule has 0 radical (unpaired) electrons. The molecular formula is C14H15ClN2S. The Morgan fingerprint density at radius 2 is 2.00 bits per heavy atom. The van der Waals surface area contributed by atoms with Gasteiger partial charge < -0.3 is 10.3 Å². The van der Waals surface area contributed by atoms with Crippen molar-refractivity contribution in [1.29, 1.82) is 0 Å². The minimum absolute atomic E-state index is 0. The van der Waals surface area contributed by atoms with E-state index in [1.54, 1.807) is 11.3 Å². The number of halogens is 1. The molecule has 1 aromatic carbocycles. The molecule has 3 rings (SSSR count). The predicted octanol–water partition coefficient (Wildman–Crippen LogP) is 3.94. The van der Waals surface area contributed by atoms with Crippen LogP contribution in [0.4, 0.5) is 0 Å². The lowest BCUT2D eigenvalue weighted by molar-refractivity contribution is 0.704. The summed E-state index contributed by atoms with van der Waals surface area (Å²) in [6, 6.07) is 12.8. The molecular weight excluding hydrogens is 264 g/mol. The molecule has 0 fully saturated rings. The Morgan fingerprint density at radius 3 is 2.83 bits per heavy atom. The molecule has 2 N–H and O–H groups in total. The average Bonchev–Trinajstić information content (AvgIpc) is 2.99. The first kappa shape index (κ1) is 13.1. The van der Waals surface area contributed by atoms with Crippen LogP contribution >= 0.6 is 23.7 Å². The van der Waals surface area contributed by atoms with Crippen molar-refractivity contribution in [1.82, 2.24) is 10.3 Å². The topological polar surface area (TPSA) is 27.8 Å². The molecule has 4 heteroatoms. The highest BCUT2D eigenvalue weighted by molar-refractivity contribution is 7.09. The first-order valence-corrected chi connectivity index (χ1v) is 6.59. The Hall–Kier alpha value is -1.29. The maximum absolute atomic E-state index is 3.48. The van der Waals surface area contributed by atoms with Gasteiger partial charge in [-0.2, -0.15) is 0 Å². The molecule has 2 aromatic heterocycles. The number of hydrogen-bond donors (Lipinski definition) is 2. The van der Waals surface area contributed by atoms with Crippen LogP contribution in [0.3, 0.4) is 0 Å². The normalized spacial score (nSPS) is 10.4. The molecule has 18 heavy (non-hydrogen) atoms. The molecule has 0 aliphatic rings. The summed E-state index contributed by atoms with van der Waals surface area (Å²) < 4.78 is 0. The van der Waals surface area contributed by atoms with Crippen LogP contribution in [-0.4, -0.2) is 4.98 Å². The van der Waals surface area contributed by atoms with Crippen molar-refractivity contribution >= 4 is 34.6 Å². The molecule has 0 aliphatic heterocycles. The molecule has 0 saturated heterocycles. The summed E-state index contributed by atoms with van der Waals surface area (Å²) in [6.45, 7) is 1.85. The molecule has 3 aromatic rings. The van der Waals surface area contributed by atoms with E-state index in [9.17, 15) is 0 Å². The van der Waals surface area contributed by atoms with Crippen molar-refractivity contribution in [2.45, 2.75) is 13.1 Å². The summed E-state index contributed by atoms with van der Waals surface area (Å²) in [4.78, 5) is 4.62. The highest BCUT2D eigenvalue weighted by atomic mass is 35.5. The van der Waals surface area contributed by atoms with Gasteiger partial charge in [0.15, 0.2) is 0 Å². The number of aromatic amines is 1. The van der Waals surface area contributed by atoms with Crippen LogP contribution in [0, 0.1) is 0 Å². The van der Waals surface area contributed by atoms with Crippen molar-refractivity contribution < 1.29 is 0 Å². The maximum Gasteiger partial charge on any atom is 0.0457 e. The van der Waals surface area contributed by atoms with Crippen molar-refractivity contribution in [3.05, 3.63) is 58.4 Å². The van der Waals surface area contributed by atoms with Gasteiger partial charge in [0.25, 0.3) is 0 Å². The van der Waals surface area contributed by atoms with Crippen LogP contribution < -0.4 is 5.32 Å². The van der Waals surface area contributed by atoms with E-state index in [-0.39, 0.29) is 12.4 Å². The third kappa shape index (κ3) is 2.75. The van der Waals surface area contributed by atoms with E-state index in [1.807, 2.05) is 6.20 Å². The zero-order valence-electron chi connectivity index (χ0n) is 9.85. The van der Waals surface area contributed by atoms with Crippen LogP contribution in [0.1, 0.15) is 10.4 Å². The lowest BCUT2D eigenvalue weighted by Gasteiger charge is -2.05. The lowest BCUT2D eigenvalue weighted by Crippen LogP contribution is -2.11. The van der Waals surface area contributed by atoms with Crippen LogP contribution in [-0.2, 0) is 13.1 Å². The summed E-state index contributed by atoms with van der Waals surface area (Å²) in [7, 11) is 0. The second-order valence-corrected chi connectivity index (χ2v) is 5.07. The number of aromatic nitrogens is 1. The molecule has 0 unspecified atom stereocenters. The largest absolute Gasteiger partial charge is 0.361 e. The van der Waals surface area contributed by atoms with Gasteiger partial charge in [0.05, 0.1) is 0 Å². The molecule has 2 nitrogen and oxygen atoms in total. The summed E-state index contributed by atoms with van der Waals surface area (Å²) >= 11 is 1.79. The first-order valence-electron chi connectivity index (χ1n) is 5.71. The minimum atomic E-state index is 0. The number of fused-ring (bicyclic) bond motifs is 1. The third-order valence-corrected chi connectivity index (χ3v) is 3.76. The second kappa shape index (κ2) is 6.05. The van der Waals surface area contributed by atoms with Crippen molar-refractivity contribution in [2.75, 3.05) is 0 Å². The number of H-pyrrole nitrogens is 1. The molecule has 0 atom stereocenters. The van der Waals surface area contributed by atoms with Crippen LogP contribution in [0.25, 0.3) is 10.9 Å². The van der Waals surface area contributed by atoms with Crippen molar-refractivity contribution in [3.63, 3.8) is 0 Å². The molecule has 0 amide bonds. The van der Waals surface area contributed by atoms with Gasteiger partial charge in [-0.25, -0.2) is 0 Å². The number of hydrogen-bond acceptors (Lipinski definition) is 2. The maximum atomic E-state index is 3.48. The first-order chi connectivity index (χ1) is 8.43. The zero-order chi connectivity index (χ0) is 11.5. The smallest absolute Gasteiger partial charge is 0.0457 e. The monoisotopic (exact) mass is 278 g/mol. The quantitative estimate of drug-likeness (QED) is 0.743. The van der Waals surface area contributed by atoms with Gasteiger partial charge in [0.1, 0.15) is 0 Å². The fourth-order valence-corrected chi connectivity index (χ4v) is 2.71. The van der Waals surface area contributed by atoms with Gasteiger partial charge in [-0.15, -0.1) is 23.7 Å². The second-order valence-electron chi connectivity index (χ2n) is 4.04. The van der Waals surface area contributed by atoms with E-state index in [2.05, 4.69) is 52.1 Å². The van der Waals surface area contributed by atoms with E-state index >= 15 is 0 Å². The molecule has 0 aliphatic carbocycles. The molecule has 2 heterocycles. The third-order valence-electron chi connectivity index (χ3n) is 2.88. The molecule has 0 saturated carbocycles. The van der Waals surface area contributed by atoms with E-state index in [1.165, 1.54) is 21.3 Å². The lowest BCUT2D eigenvalue weighted by atomic mass is 10.1. The molecule has 0 bridgehead atoms. The number of nitrogens with one attached hydrogen (secondary N) is 2. The minimum Gasteiger partial charge on any atom is -0.361 e. The van der Waals surface area contributed by atoms with Gasteiger partial charge >= 0.3 is 0 Å². The fourth-order valence-electron chi connectivity index (χ4n) is 2.04. The summed E-state index contributed by atoms with van der Waals surface area (Å²) in [5, 5.41) is 6.91. The zero-order valence-corrected chi connectivity index (χ0v) is 11.5. The highest BCUT2D eigenvalue weighted by Gasteiger charge is 2.01. The predicted molar refractivity (Wildman–Crippen MR) is 80.4 cm³/mol. The van der Waals surface area contributed by atoms with Crippen molar-refractivity contribution in [2.24, 2.45) is 0 Å². The highest BCUT2D eigenvalue weighted by Crippen LogP contribution is 2.17. The molecule has 94 valence electrons. The van der Waals surface area contributed by atoms with Gasteiger partial charge in [0.2, 0.25) is 0 Å². The van der Waals surface area contributed by atoms with E-state index < -0.39 is 0 Å². The molecule has 0 spiro atoms. The van der Waals surface area contributed by atoms with Gasteiger partial charge in [-0.1, -0.05) is 18.2 Å².